The van der Waals surface area contributed by atoms with E-state index < -0.39 is 60.6 Å². The van der Waals surface area contributed by atoms with Gasteiger partial charge in [-0.2, -0.15) is 0 Å². The minimum absolute atomic E-state index is 0. The normalized spacial score (nSPS) is 10.8. The maximum absolute atomic E-state index is 10.8. The molecule has 0 aliphatic rings. The summed E-state index contributed by atoms with van der Waals surface area (Å²) < 4.78 is 0. The molecular formula is C10H14N2Na2O8. The van der Waals surface area contributed by atoms with E-state index in [-0.39, 0.29) is 59.1 Å². The Labute approximate surface area is 169 Å². The Kier molecular flexibility index (Phi) is 12.8. The zero-order valence-corrected chi connectivity index (χ0v) is 16.3. The second-order valence-electron chi connectivity index (χ2n) is 4.56. The number of carboxylic acids is 4. The van der Waals surface area contributed by atoms with Crippen LogP contribution in [-0.4, -0.2) is 39.8 Å². The van der Waals surface area contributed by atoms with Gasteiger partial charge in [-0.1, -0.05) is 0 Å². The summed E-state index contributed by atoms with van der Waals surface area (Å²) in [5.74, 6) is -6.73. The average Bonchev–Trinajstić information content (AvgIpc) is 2.10. The van der Waals surface area contributed by atoms with Crippen LogP contribution < -0.4 is 80.8 Å². The van der Waals surface area contributed by atoms with E-state index in [4.69, 9.17) is 21.7 Å². The van der Waals surface area contributed by atoms with E-state index in [2.05, 4.69) is 0 Å². The fourth-order valence-corrected chi connectivity index (χ4v) is 1.96. The Hall–Kier alpha value is -0.200. The molecule has 10 nitrogen and oxygen atoms in total. The van der Waals surface area contributed by atoms with E-state index in [1.165, 1.54) is 0 Å². The maximum Gasteiger partial charge on any atom is 1.00 e. The summed E-state index contributed by atoms with van der Waals surface area (Å²) in [6, 6.07) is 0. The summed E-state index contributed by atoms with van der Waals surface area (Å²) in [5, 5.41) is 38.9. The number of carboxylic acid groups (broad SMARTS) is 4. The van der Waals surface area contributed by atoms with Gasteiger partial charge in [-0.25, -0.2) is 0 Å². The minimum Gasteiger partial charge on any atom is -0.550 e. The van der Waals surface area contributed by atoms with Crippen LogP contribution in [0.1, 0.15) is 25.7 Å². The third-order valence-corrected chi connectivity index (χ3v) is 2.89. The Morgan fingerprint density at radius 2 is 1.09 bits per heavy atom. The number of aliphatic carboxylic acids is 4. The standard InChI is InChI=1S/C10H16N2O8.2Na/c11-10(12,4-8(19)20)9(1-5(13)14,2-6(15)16)3-7(17)18;;/h1-4,11-12H2,(H,13,14)(H,15,16)(H,17,18)(H,19,20);;/q;2*+1/p-2. The third kappa shape index (κ3) is 8.44. The van der Waals surface area contributed by atoms with Crippen LogP contribution in [0.5, 0.6) is 0 Å². The van der Waals surface area contributed by atoms with Crippen LogP contribution in [0.4, 0.5) is 0 Å². The molecule has 0 atom stereocenters. The Morgan fingerprint density at radius 3 is 1.32 bits per heavy atom. The first-order chi connectivity index (χ1) is 8.92. The van der Waals surface area contributed by atoms with Gasteiger partial charge in [0.1, 0.15) is 0 Å². The Morgan fingerprint density at radius 1 is 0.773 bits per heavy atom. The molecule has 22 heavy (non-hydrogen) atoms. The van der Waals surface area contributed by atoms with Crippen LogP contribution in [0.15, 0.2) is 0 Å². The fourth-order valence-electron chi connectivity index (χ4n) is 1.96. The number of carbonyl (C=O) groups is 4. The zero-order chi connectivity index (χ0) is 16.1. The quantitative estimate of drug-likeness (QED) is 0.231. The summed E-state index contributed by atoms with van der Waals surface area (Å²) >= 11 is 0. The summed E-state index contributed by atoms with van der Waals surface area (Å²) in [5.41, 5.74) is 6.32. The van der Waals surface area contributed by atoms with Crippen LogP contribution in [0, 0.1) is 5.41 Å². The Bertz CT molecular complexity index is 400. The number of hydrogen-bond donors (Lipinski definition) is 4. The van der Waals surface area contributed by atoms with Crippen LogP contribution in [0.2, 0.25) is 0 Å². The van der Waals surface area contributed by atoms with Gasteiger partial charge in [0.05, 0.1) is 18.5 Å². The molecule has 0 aliphatic carbocycles. The maximum atomic E-state index is 10.8. The van der Waals surface area contributed by atoms with E-state index in [1.54, 1.807) is 0 Å². The third-order valence-electron chi connectivity index (χ3n) is 2.89. The summed E-state index contributed by atoms with van der Waals surface area (Å²) in [7, 11) is 0. The van der Waals surface area contributed by atoms with Crippen molar-refractivity contribution in [2.24, 2.45) is 16.9 Å². The smallest absolute Gasteiger partial charge is 0.550 e. The summed E-state index contributed by atoms with van der Waals surface area (Å²) in [6.45, 7) is 0. The second-order valence-corrected chi connectivity index (χ2v) is 4.56. The molecule has 0 aromatic carbocycles. The molecule has 0 radical (unpaired) electrons. The van der Waals surface area contributed by atoms with Crippen molar-refractivity contribution in [1.82, 2.24) is 0 Å². The SMILES string of the molecule is NC(N)(CC(=O)[O-])C(CC(=O)[O-])(CC(=O)O)CC(=O)O.[Na+].[Na+]. The van der Waals surface area contributed by atoms with Crippen LogP contribution in [-0.2, 0) is 19.2 Å². The van der Waals surface area contributed by atoms with Crippen LogP contribution in [0.3, 0.4) is 0 Å². The van der Waals surface area contributed by atoms with E-state index in [9.17, 15) is 29.4 Å². The minimum atomic E-state index is -2.41. The Balaban J connectivity index is -0.00000180. The predicted octanol–water partition coefficient (Wildman–Crippen LogP) is -10.2. The van der Waals surface area contributed by atoms with Gasteiger partial charge in [-0.05, 0) is 6.42 Å². The van der Waals surface area contributed by atoms with Crippen molar-refractivity contribution < 1.29 is 98.7 Å². The fraction of sp³-hybridized carbons (Fsp3) is 0.600. The average molecular weight is 336 g/mol. The van der Waals surface area contributed by atoms with Crippen molar-refractivity contribution in [1.29, 1.82) is 0 Å². The molecule has 0 bridgehead atoms. The van der Waals surface area contributed by atoms with Gasteiger partial charge in [0, 0.05) is 23.8 Å². The van der Waals surface area contributed by atoms with Gasteiger partial charge in [0.25, 0.3) is 0 Å². The molecule has 0 unspecified atom stereocenters. The van der Waals surface area contributed by atoms with Gasteiger partial charge in [0.15, 0.2) is 0 Å². The molecule has 0 rings (SSSR count). The molecule has 114 valence electrons. The number of carbonyl (C=O) groups excluding carboxylic acids is 2. The first kappa shape index (κ1) is 26.7. The van der Waals surface area contributed by atoms with E-state index in [0.717, 1.165) is 0 Å². The van der Waals surface area contributed by atoms with Crippen LogP contribution >= 0.6 is 0 Å². The van der Waals surface area contributed by atoms with Gasteiger partial charge >= 0.3 is 71.1 Å². The molecule has 0 aromatic heterocycles. The molecule has 0 amide bonds. The summed E-state index contributed by atoms with van der Waals surface area (Å²) in [4.78, 5) is 43.0. The molecule has 0 aromatic rings. The van der Waals surface area contributed by atoms with Gasteiger partial charge in [-0.3, -0.25) is 9.59 Å². The molecule has 0 saturated heterocycles. The second kappa shape index (κ2) is 10.6. The number of rotatable bonds is 9. The summed E-state index contributed by atoms with van der Waals surface area (Å²) in [6.07, 6.45) is -4.33. The largest absolute Gasteiger partial charge is 1.00 e. The van der Waals surface area contributed by atoms with E-state index in [0.29, 0.717) is 0 Å². The van der Waals surface area contributed by atoms with Crippen molar-refractivity contribution >= 4 is 23.9 Å². The van der Waals surface area contributed by atoms with Crippen LogP contribution in [0.25, 0.3) is 0 Å². The number of hydrogen-bond acceptors (Lipinski definition) is 8. The van der Waals surface area contributed by atoms with Crippen molar-refractivity contribution in [3.8, 4) is 0 Å². The molecule has 0 spiro atoms. The van der Waals surface area contributed by atoms with Crippen molar-refractivity contribution in [2.45, 2.75) is 31.3 Å². The molecule has 0 saturated carbocycles. The monoisotopic (exact) mass is 336 g/mol. The molecular weight excluding hydrogens is 322 g/mol. The zero-order valence-electron chi connectivity index (χ0n) is 12.3. The molecule has 0 aliphatic heterocycles. The molecule has 0 fully saturated rings. The van der Waals surface area contributed by atoms with E-state index in [1.807, 2.05) is 0 Å². The molecule has 6 N–H and O–H groups in total. The number of nitrogens with two attached hydrogens (primary N) is 2. The first-order valence-corrected chi connectivity index (χ1v) is 5.33. The molecule has 0 heterocycles. The van der Waals surface area contributed by atoms with Crippen molar-refractivity contribution in [3.05, 3.63) is 0 Å². The van der Waals surface area contributed by atoms with Gasteiger partial charge in [0.2, 0.25) is 0 Å². The van der Waals surface area contributed by atoms with Crippen molar-refractivity contribution in [3.63, 3.8) is 0 Å². The first-order valence-electron chi connectivity index (χ1n) is 5.33. The van der Waals surface area contributed by atoms with Gasteiger partial charge < -0.3 is 41.5 Å². The predicted molar refractivity (Wildman–Crippen MR) is 57.3 cm³/mol. The van der Waals surface area contributed by atoms with Crippen molar-refractivity contribution in [2.75, 3.05) is 0 Å². The van der Waals surface area contributed by atoms with E-state index >= 15 is 0 Å². The van der Waals surface area contributed by atoms with Gasteiger partial charge in [-0.15, -0.1) is 0 Å². The topological polar surface area (TPSA) is 207 Å². The molecule has 12 heteroatoms.